The zero-order chi connectivity index (χ0) is 20.4. The molecule has 28 heavy (non-hydrogen) atoms. The van der Waals surface area contributed by atoms with Gasteiger partial charge in [-0.05, 0) is 42.1 Å². The minimum Gasteiger partial charge on any atom is -0.483 e. The molecule has 2 rings (SSSR count). The molecule has 0 spiro atoms. The third-order valence-electron chi connectivity index (χ3n) is 4.97. The molecule has 1 saturated carbocycles. The van der Waals surface area contributed by atoms with Crippen LogP contribution in [0.25, 0.3) is 0 Å². The first-order valence-corrected chi connectivity index (χ1v) is 10.5. The van der Waals surface area contributed by atoms with Crippen molar-refractivity contribution in [1.29, 1.82) is 0 Å². The fourth-order valence-electron chi connectivity index (χ4n) is 3.43. The van der Waals surface area contributed by atoms with E-state index in [0.29, 0.717) is 24.0 Å². The molecule has 1 aliphatic rings. The van der Waals surface area contributed by atoms with E-state index in [1.54, 1.807) is 0 Å². The van der Waals surface area contributed by atoms with Crippen LogP contribution >= 0.6 is 12.2 Å². The monoisotopic (exact) mass is 405 g/mol. The number of hydrogen-bond donors (Lipinski definition) is 3. The number of benzene rings is 1. The highest BCUT2D eigenvalue weighted by atomic mass is 32.1. The summed E-state index contributed by atoms with van der Waals surface area (Å²) in [5.41, 5.74) is 6.03. The molecule has 1 aromatic rings. The Labute approximate surface area is 172 Å². The van der Waals surface area contributed by atoms with Crippen molar-refractivity contribution in [3.8, 4) is 5.75 Å². The first-order chi connectivity index (χ1) is 13.5. The number of ether oxygens (including phenoxy) is 1. The van der Waals surface area contributed by atoms with Crippen LogP contribution in [-0.2, 0) is 9.59 Å². The molecule has 2 amide bonds. The SMILES string of the molecule is CC(C)c1ccccc1OCC(=O)NNC(=S)NC(=O)CCC1CCCCC1. The van der Waals surface area contributed by atoms with Gasteiger partial charge in [-0.2, -0.15) is 0 Å². The summed E-state index contributed by atoms with van der Waals surface area (Å²) in [6.45, 7) is 3.99. The zero-order valence-electron chi connectivity index (χ0n) is 16.8. The maximum Gasteiger partial charge on any atom is 0.276 e. The van der Waals surface area contributed by atoms with E-state index in [2.05, 4.69) is 30.0 Å². The molecular formula is C21H31N3O3S. The zero-order valence-corrected chi connectivity index (χ0v) is 17.6. The molecule has 0 aliphatic heterocycles. The van der Waals surface area contributed by atoms with Crippen molar-refractivity contribution < 1.29 is 14.3 Å². The maximum absolute atomic E-state index is 12.0. The molecule has 0 radical (unpaired) electrons. The van der Waals surface area contributed by atoms with Crippen molar-refractivity contribution in [3.63, 3.8) is 0 Å². The molecular weight excluding hydrogens is 374 g/mol. The minimum absolute atomic E-state index is 0.0876. The number of hydrazine groups is 1. The number of carbonyl (C=O) groups excluding carboxylic acids is 2. The van der Waals surface area contributed by atoms with Crippen LogP contribution in [-0.4, -0.2) is 23.5 Å². The highest BCUT2D eigenvalue weighted by Crippen LogP contribution is 2.27. The van der Waals surface area contributed by atoms with Crippen LogP contribution in [0.2, 0.25) is 0 Å². The summed E-state index contributed by atoms with van der Waals surface area (Å²) < 4.78 is 5.60. The summed E-state index contributed by atoms with van der Waals surface area (Å²) in [6, 6.07) is 7.63. The Kier molecular flexibility index (Phi) is 9.20. The van der Waals surface area contributed by atoms with E-state index in [1.807, 2.05) is 24.3 Å². The average molecular weight is 406 g/mol. The highest BCUT2D eigenvalue weighted by molar-refractivity contribution is 7.80. The Bertz CT molecular complexity index is 673. The lowest BCUT2D eigenvalue weighted by molar-refractivity contribution is -0.124. The van der Waals surface area contributed by atoms with Crippen LogP contribution in [0.3, 0.4) is 0 Å². The molecule has 1 fully saturated rings. The van der Waals surface area contributed by atoms with E-state index in [1.165, 1.54) is 32.1 Å². The average Bonchev–Trinajstić information content (AvgIpc) is 2.70. The maximum atomic E-state index is 12.0. The Morgan fingerprint density at radius 3 is 2.54 bits per heavy atom. The van der Waals surface area contributed by atoms with E-state index in [-0.39, 0.29) is 23.5 Å². The lowest BCUT2D eigenvalue weighted by atomic mass is 9.86. The predicted octanol–water partition coefficient (Wildman–Crippen LogP) is 3.57. The van der Waals surface area contributed by atoms with Gasteiger partial charge >= 0.3 is 0 Å². The fraction of sp³-hybridized carbons (Fsp3) is 0.571. The predicted molar refractivity (Wildman–Crippen MR) is 114 cm³/mol. The number of rotatable bonds is 7. The number of nitrogens with one attached hydrogen (secondary N) is 3. The van der Waals surface area contributed by atoms with Crippen LogP contribution < -0.4 is 20.9 Å². The van der Waals surface area contributed by atoms with Crippen LogP contribution in [0.1, 0.15) is 70.3 Å². The lowest BCUT2D eigenvalue weighted by Crippen LogP contribution is -2.49. The fourth-order valence-corrected chi connectivity index (χ4v) is 3.59. The topological polar surface area (TPSA) is 79.5 Å². The van der Waals surface area contributed by atoms with Crippen molar-refractivity contribution in [2.75, 3.05) is 6.61 Å². The lowest BCUT2D eigenvalue weighted by Gasteiger charge is -2.21. The standard InChI is InChI=1S/C21H31N3O3S/c1-15(2)17-10-6-7-11-18(17)27-14-20(26)23-24-21(28)22-19(25)13-12-16-8-4-3-5-9-16/h6-7,10-11,15-16H,3-5,8-9,12-14H2,1-2H3,(H,23,26)(H2,22,24,25,28). The second-order valence-electron chi connectivity index (χ2n) is 7.57. The molecule has 0 heterocycles. The molecule has 0 saturated heterocycles. The Morgan fingerprint density at radius 1 is 1.11 bits per heavy atom. The molecule has 1 aromatic carbocycles. The van der Waals surface area contributed by atoms with Crippen molar-refractivity contribution >= 4 is 29.1 Å². The third-order valence-corrected chi connectivity index (χ3v) is 5.18. The van der Waals surface area contributed by atoms with Gasteiger partial charge in [0.1, 0.15) is 5.75 Å². The molecule has 7 heteroatoms. The van der Waals surface area contributed by atoms with Crippen LogP contribution in [0.5, 0.6) is 5.75 Å². The van der Waals surface area contributed by atoms with E-state index in [4.69, 9.17) is 17.0 Å². The largest absolute Gasteiger partial charge is 0.483 e. The highest BCUT2D eigenvalue weighted by Gasteiger charge is 2.15. The van der Waals surface area contributed by atoms with Gasteiger partial charge in [0.05, 0.1) is 0 Å². The van der Waals surface area contributed by atoms with Gasteiger partial charge in [0.15, 0.2) is 11.7 Å². The molecule has 154 valence electrons. The van der Waals surface area contributed by atoms with Crippen molar-refractivity contribution in [1.82, 2.24) is 16.2 Å². The number of thiocarbonyl (C=S) groups is 1. The van der Waals surface area contributed by atoms with Crippen molar-refractivity contribution in [2.45, 2.75) is 64.7 Å². The van der Waals surface area contributed by atoms with E-state index >= 15 is 0 Å². The number of amides is 2. The van der Waals surface area contributed by atoms with Crippen LogP contribution in [0.4, 0.5) is 0 Å². The smallest absolute Gasteiger partial charge is 0.276 e. The van der Waals surface area contributed by atoms with Gasteiger partial charge in [0, 0.05) is 6.42 Å². The van der Waals surface area contributed by atoms with Crippen molar-refractivity contribution in [2.24, 2.45) is 5.92 Å². The van der Waals surface area contributed by atoms with Crippen LogP contribution in [0, 0.1) is 5.92 Å². The quantitative estimate of drug-likeness (QED) is 0.477. The molecule has 1 aliphatic carbocycles. The van der Waals surface area contributed by atoms with Gasteiger partial charge in [-0.1, -0.05) is 64.2 Å². The van der Waals surface area contributed by atoms with Gasteiger partial charge in [-0.25, -0.2) is 0 Å². The normalized spacial score (nSPS) is 14.4. The first-order valence-electron chi connectivity index (χ1n) is 10.1. The Morgan fingerprint density at radius 2 is 1.82 bits per heavy atom. The first kappa shape index (κ1) is 22.1. The van der Waals surface area contributed by atoms with Crippen LogP contribution in [0.15, 0.2) is 24.3 Å². The number of para-hydroxylation sites is 1. The minimum atomic E-state index is -0.377. The molecule has 3 N–H and O–H groups in total. The molecule has 0 bridgehead atoms. The Balaban J connectivity index is 1.63. The summed E-state index contributed by atoms with van der Waals surface area (Å²) in [5, 5.41) is 2.69. The molecule has 6 nitrogen and oxygen atoms in total. The molecule has 0 aromatic heterocycles. The van der Waals surface area contributed by atoms with Gasteiger partial charge in [0.2, 0.25) is 5.91 Å². The van der Waals surface area contributed by atoms with Gasteiger partial charge in [-0.3, -0.25) is 20.4 Å². The summed E-state index contributed by atoms with van der Waals surface area (Å²) in [6.07, 6.45) is 7.62. The Hall–Kier alpha value is -2.15. The summed E-state index contributed by atoms with van der Waals surface area (Å²) in [4.78, 5) is 23.9. The number of hydrogen-bond acceptors (Lipinski definition) is 4. The summed E-state index contributed by atoms with van der Waals surface area (Å²) >= 11 is 5.05. The molecule has 0 atom stereocenters. The summed E-state index contributed by atoms with van der Waals surface area (Å²) in [5.74, 6) is 1.13. The third kappa shape index (κ3) is 7.84. The van der Waals surface area contributed by atoms with Gasteiger partial charge in [0.25, 0.3) is 5.91 Å². The summed E-state index contributed by atoms with van der Waals surface area (Å²) in [7, 11) is 0. The second-order valence-corrected chi connectivity index (χ2v) is 7.98. The van der Waals surface area contributed by atoms with Crippen molar-refractivity contribution in [3.05, 3.63) is 29.8 Å². The second kappa shape index (κ2) is 11.6. The van der Waals surface area contributed by atoms with Gasteiger partial charge < -0.3 is 10.1 Å². The van der Waals surface area contributed by atoms with E-state index < -0.39 is 0 Å². The number of carbonyl (C=O) groups is 2. The van der Waals surface area contributed by atoms with E-state index in [9.17, 15) is 9.59 Å². The van der Waals surface area contributed by atoms with E-state index in [0.717, 1.165) is 12.0 Å². The van der Waals surface area contributed by atoms with Gasteiger partial charge in [-0.15, -0.1) is 0 Å². The molecule has 0 unspecified atom stereocenters.